The zero-order valence-corrected chi connectivity index (χ0v) is 15.6. The topological polar surface area (TPSA) is 69.2 Å². The summed E-state index contributed by atoms with van der Waals surface area (Å²) in [5, 5.41) is 17.0. The summed E-state index contributed by atoms with van der Waals surface area (Å²) in [6, 6.07) is 7.19. The van der Waals surface area contributed by atoms with Gasteiger partial charge >= 0.3 is 0 Å². The maximum absolute atomic E-state index is 13.3. The Morgan fingerprint density at radius 1 is 1.30 bits per heavy atom. The second-order valence-electron chi connectivity index (χ2n) is 7.47. The first-order valence-corrected chi connectivity index (χ1v) is 9.57. The largest absolute Gasteiger partial charge is 0.508 e. The molecule has 5 heteroatoms. The molecule has 1 aromatic heterocycles. The third-order valence-corrected chi connectivity index (χ3v) is 5.55. The smallest absolute Gasteiger partial charge is 0.254 e. The van der Waals surface area contributed by atoms with Gasteiger partial charge in [0.25, 0.3) is 5.91 Å². The van der Waals surface area contributed by atoms with Crippen molar-refractivity contribution in [3.05, 3.63) is 65.0 Å². The number of H-pyrrole nitrogens is 1. The normalized spacial score (nSPS) is 20.1. The summed E-state index contributed by atoms with van der Waals surface area (Å²) < 4.78 is 0. The summed E-state index contributed by atoms with van der Waals surface area (Å²) in [6.45, 7) is 6.61. The van der Waals surface area contributed by atoms with Crippen LogP contribution in [-0.4, -0.2) is 32.7 Å². The number of benzene rings is 1. The number of amides is 1. The molecule has 2 aliphatic rings. The Kier molecular flexibility index (Phi) is 4.60. The lowest BCUT2D eigenvalue weighted by molar-refractivity contribution is -0.127. The second-order valence-corrected chi connectivity index (χ2v) is 7.47. The number of nitrogens with zero attached hydrogens (tertiary/aromatic N) is 2. The molecule has 2 aromatic rings. The van der Waals surface area contributed by atoms with Crippen molar-refractivity contribution < 1.29 is 9.90 Å². The van der Waals surface area contributed by atoms with Gasteiger partial charge in [-0.3, -0.25) is 9.89 Å². The highest BCUT2D eigenvalue weighted by Crippen LogP contribution is 2.42. The number of aromatic nitrogens is 2. The molecule has 27 heavy (non-hydrogen) atoms. The van der Waals surface area contributed by atoms with Gasteiger partial charge in [-0.15, -0.1) is 0 Å². The molecule has 1 aromatic carbocycles. The van der Waals surface area contributed by atoms with E-state index >= 15 is 0 Å². The van der Waals surface area contributed by atoms with Crippen LogP contribution in [0.5, 0.6) is 5.75 Å². The minimum Gasteiger partial charge on any atom is -0.508 e. The third-order valence-electron chi connectivity index (χ3n) is 5.55. The van der Waals surface area contributed by atoms with Gasteiger partial charge in [0, 0.05) is 29.3 Å². The van der Waals surface area contributed by atoms with Gasteiger partial charge in [0.1, 0.15) is 5.75 Å². The summed E-state index contributed by atoms with van der Waals surface area (Å²) in [5.41, 5.74) is 4.74. The van der Waals surface area contributed by atoms with E-state index in [0.29, 0.717) is 11.5 Å². The number of rotatable bonds is 5. The lowest BCUT2D eigenvalue weighted by Crippen LogP contribution is -2.31. The van der Waals surface area contributed by atoms with E-state index in [4.69, 9.17) is 0 Å². The first-order valence-electron chi connectivity index (χ1n) is 9.57. The van der Waals surface area contributed by atoms with Crippen LogP contribution in [-0.2, 0) is 4.79 Å². The Labute approximate surface area is 159 Å². The molecular weight excluding hydrogens is 338 g/mol. The number of likely N-dealkylation sites (tertiary alicyclic amines) is 1. The van der Waals surface area contributed by atoms with Crippen molar-refractivity contribution in [2.75, 3.05) is 6.54 Å². The van der Waals surface area contributed by atoms with E-state index in [1.807, 2.05) is 30.0 Å². The van der Waals surface area contributed by atoms with Crippen LogP contribution >= 0.6 is 0 Å². The highest BCUT2D eigenvalue weighted by atomic mass is 16.3. The number of hydrogen-bond acceptors (Lipinski definition) is 3. The molecular formula is C22H25N3O2. The van der Waals surface area contributed by atoms with Crippen molar-refractivity contribution >= 4 is 12.0 Å². The van der Waals surface area contributed by atoms with Crippen LogP contribution in [0.15, 0.2) is 42.5 Å². The number of carbonyl (C=O) groups is 1. The lowest BCUT2D eigenvalue weighted by Gasteiger charge is -2.25. The summed E-state index contributed by atoms with van der Waals surface area (Å²) in [4.78, 5) is 15.2. The molecule has 1 aliphatic heterocycles. The molecule has 140 valence electrons. The number of aromatic hydroxyl groups is 1. The van der Waals surface area contributed by atoms with Gasteiger partial charge in [0.15, 0.2) is 0 Å². The third kappa shape index (κ3) is 3.42. The van der Waals surface area contributed by atoms with E-state index in [1.165, 1.54) is 0 Å². The van der Waals surface area contributed by atoms with Crippen molar-refractivity contribution in [3.8, 4) is 5.75 Å². The van der Waals surface area contributed by atoms with E-state index in [-0.39, 0.29) is 17.7 Å². The fraction of sp³-hybridized carbons (Fsp3) is 0.364. The van der Waals surface area contributed by atoms with Crippen LogP contribution in [0.4, 0.5) is 0 Å². The molecule has 1 unspecified atom stereocenters. The van der Waals surface area contributed by atoms with Crippen molar-refractivity contribution in [2.24, 2.45) is 0 Å². The maximum Gasteiger partial charge on any atom is 0.254 e. The number of nitrogens with one attached hydrogen (secondary N) is 1. The summed E-state index contributed by atoms with van der Waals surface area (Å²) in [5.74, 6) is 0.756. The van der Waals surface area contributed by atoms with E-state index in [2.05, 4.69) is 16.8 Å². The summed E-state index contributed by atoms with van der Waals surface area (Å²) >= 11 is 0. The Morgan fingerprint density at radius 2 is 2.04 bits per heavy atom. The predicted octanol–water partition coefficient (Wildman–Crippen LogP) is 4.23. The molecule has 0 spiro atoms. The van der Waals surface area contributed by atoms with E-state index < -0.39 is 0 Å². The number of aromatic amines is 1. The van der Waals surface area contributed by atoms with Crippen molar-refractivity contribution in [3.63, 3.8) is 0 Å². The quantitative estimate of drug-likeness (QED) is 0.617. The molecule has 1 atom stereocenters. The molecule has 4 rings (SSSR count). The van der Waals surface area contributed by atoms with Crippen LogP contribution in [0.25, 0.3) is 6.08 Å². The first-order chi connectivity index (χ1) is 13.1. The average Bonchev–Trinajstić information content (AvgIpc) is 3.28. The monoisotopic (exact) mass is 363 g/mol. The Balaban J connectivity index is 1.62. The lowest BCUT2D eigenvalue weighted by atomic mass is 10.0. The second kappa shape index (κ2) is 7.06. The molecule has 1 aliphatic carbocycles. The van der Waals surface area contributed by atoms with Gasteiger partial charge in [-0.1, -0.05) is 24.8 Å². The van der Waals surface area contributed by atoms with Gasteiger partial charge in [-0.05, 0) is 56.4 Å². The molecule has 2 fully saturated rings. The average molecular weight is 363 g/mol. The van der Waals surface area contributed by atoms with Crippen LogP contribution in [0.2, 0.25) is 0 Å². The zero-order chi connectivity index (χ0) is 19.0. The number of phenols is 1. The number of aryl methyl sites for hydroxylation is 1. The Morgan fingerprint density at radius 3 is 2.70 bits per heavy atom. The Hall–Kier alpha value is -2.82. The maximum atomic E-state index is 13.3. The molecule has 5 nitrogen and oxygen atoms in total. The molecule has 0 radical (unpaired) electrons. The Bertz CT molecular complexity index is 891. The fourth-order valence-corrected chi connectivity index (χ4v) is 3.89. The standard InChI is InChI=1S/C22H25N3O2/c1-3-15(13-19-14(2)23-24-21(19)17-6-7-17)22(27)25-12-4-5-20(25)16-8-10-18(26)11-9-16/h3,8-11,13,17,20,26H,1,4-7,12H2,2H3,(H,23,24)/b15-13+. The molecule has 1 saturated heterocycles. The number of carbonyl (C=O) groups excluding carboxylic acids is 1. The van der Waals surface area contributed by atoms with Gasteiger partial charge < -0.3 is 10.0 Å². The molecule has 0 bridgehead atoms. The molecule has 1 amide bonds. The molecule has 2 N–H and O–H groups in total. The van der Waals surface area contributed by atoms with Crippen LogP contribution in [0.3, 0.4) is 0 Å². The summed E-state index contributed by atoms with van der Waals surface area (Å²) in [7, 11) is 0. The van der Waals surface area contributed by atoms with Crippen LogP contribution in [0, 0.1) is 6.92 Å². The van der Waals surface area contributed by atoms with E-state index in [0.717, 1.165) is 54.7 Å². The minimum atomic E-state index is 0.00271. The zero-order valence-electron chi connectivity index (χ0n) is 15.6. The highest BCUT2D eigenvalue weighted by Gasteiger charge is 2.32. The predicted molar refractivity (Wildman–Crippen MR) is 105 cm³/mol. The van der Waals surface area contributed by atoms with E-state index in [1.54, 1.807) is 18.2 Å². The van der Waals surface area contributed by atoms with Gasteiger partial charge in [0.2, 0.25) is 0 Å². The molecule has 2 heterocycles. The highest BCUT2D eigenvalue weighted by molar-refractivity contribution is 6.01. The first kappa shape index (κ1) is 17.6. The number of phenolic OH excluding ortho intramolecular Hbond substituents is 1. The van der Waals surface area contributed by atoms with Crippen molar-refractivity contribution in [2.45, 2.75) is 44.6 Å². The van der Waals surface area contributed by atoms with Crippen molar-refractivity contribution in [1.29, 1.82) is 0 Å². The van der Waals surface area contributed by atoms with Crippen LogP contribution < -0.4 is 0 Å². The SMILES string of the molecule is C=C/C(=C\c1c(C2CC2)n[nH]c1C)C(=O)N1CCCC1c1ccc(O)cc1. The van der Waals surface area contributed by atoms with Gasteiger partial charge in [-0.25, -0.2) is 0 Å². The van der Waals surface area contributed by atoms with E-state index in [9.17, 15) is 9.90 Å². The fourth-order valence-electron chi connectivity index (χ4n) is 3.89. The minimum absolute atomic E-state index is 0.00271. The molecule has 1 saturated carbocycles. The summed E-state index contributed by atoms with van der Waals surface area (Å²) in [6.07, 6.45) is 7.82. The van der Waals surface area contributed by atoms with Crippen molar-refractivity contribution in [1.82, 2.24) is 15.1 Å². The number of hydrogen-bond donors (Lipinski definition) is 2. The van der Waals surface area contributed by atoms with Gasteiger partial charge in [-0.2, -0.15) is 5.10 Å². The van der Waals surface area contributed by atoms with Crippen LogP contribution in [0.1, 0.15) is 60.2 Å². The van der Waals surface area contributed by atoms with Gasteiger partial charge in [0.05, 0.1) is 11.7 Å².